The number of rotatable bonds is 6. The number of carbonyl (C=O) groups is 1. The lowest BCUT2D eigenvalue weighted by atomic mass is 10.1. The molecule has 1 unspecified atom stereocenters. The van der Waals surface area contributed by atoms with Crippen molar-refractivity contribution in [3.63, 3.8) is 0 Å². The molecule has 1 aromatic rings. The third-order valence-electron chi connectivity index (χ3n) is 2.46. The van der Waals surface area contributed by atoms with Crippen molar-refractivity contribution in [2.75, 3.05) is 0 Å². The maximum absolute atomic E-state index is 12.1. The van der Waals surface area contributed by atoms with E-state index in [0.717, 1.165) is 5.57 Å². The van der Waals surface area contributed by atoms with E-state index >= 15 is 0 Å². The van der Waals surface area contributed by atoms with E-state index in [1.165, 1.54) is 31.2 Å². The van der Waals surface area contributed by atoms with Crippen molar-refractivity contribution in [1.82, 2.24) is 4.72 Å². The van der Waals surface area contributed by atoms with Crippen LogP contribution in [0.25, 0.3) is 0 Å². The highest BCUT2D eigenvalue weighted by Crippen LogP contribution is 2.15. The Balaban J connectivity index is 2.97. The second-order valence-electron chi connectivity index (χ2n) is 4.40. The predicted octanol–water partition coefficient (Wildman–Crippen LogP) is 2.54. The van der Waals surface area contributed by atoms with Gasteiger partial charge in [0.2, 0.25) is 10.0 Å². The molecule has 0 saturated heterocycles. The minimum absolute atomic E-state index is 0.0739. The number of hydrogen-bond donors (Lipinski definition) is 1. The minimum atomic E-state index is -3.74. The normalized spacial score (nSPS) is 13.0. The first-order valence-corrected chi connectivity index (χ1v) is 7.51. The monoisotopic (exact) mass is 301 g/mol. The van der Waals surface area contributed by atoms with E-state index in [4.69, 9.17) is 11.6 Å². The molecule has 0 aliphatic heterocycles. The van der Waals surface area contributed by atoms with Crippen LogP contribution in [-0.4, -0.2) is 20.2 Å². The molecule has 0 aliphatic rings. The van der Waals surface area contributed by atoms with Crippen molar-refractivity contribution in [1.29, 1.82) is 0 Å². The van der Waals surface area contributed by atoms with E-state index in [1.807, 2.05) is 0 Å². The SMILES string of the molecule is C=C(C)CC(NS(=O)(=O)c1ccc(Cl)cc1)C(C)=O. The fourth-order valence-electron chi connectivity index (χ4n) is 1.49. The molecule has 1 aromatic carbocycles. The number of sulfonamides is 1. The summed E-state index contributed by atoms with van der Waals surface area (Å²) in [7, 11) is -3.74. The van der Waals surface area contributed by atoms with Crippen LogP contribution in [0.15, 0.2) is 41.3 Å². The van der Waals surface area contributed by atoms with Gasteiger partial charge in [-0.15, -0.1) is 6.58 Å². The Labute approximate surface area is 118 Å². The third-order valence-corrected chi connectivity index (χ3v) is 4.20. The van der Waals surface area contributed by atoms with Crippen molar-refractivity contribution in [2.24, 2.45) is 0 Å². The largest absolute Gasteiger partial charge is 0.298 e. The summed E-state index contributed by atoms with van der Waals surface area (Å²) in [5.74, 6) is -0.250. The van der Waals surface area contributed by atoms with Gasteiger partial charge in [0, 0.05) is 5.02 Å². The minimum Gasteiger partial charge on any atom is -0.298 e. The zero-order valence-corrected chi connectivity index (χ0v) is 12.4. The molecule has 0 spiro atoms. The summed E-state index contributed by atoms with van der Waals surface area (Å²) in [6.07, 6.45) is 0.280. The first-order valence-electron chi connectivity index (χ1n) is 5.65. The Kier molecular flexibility index (Phi) is 5.29. The zero-order valence-electron chi connectivity index (χ0n) is 10.8. The molecule has 1 rings (SSSR count). The van der Waals surface area contributed by atoms with Crippen molar-refractivity contribution in [2.45, 2.75) is 31.2 Å². The van der Waals surface area contributed by atoms with Gasteiger partial charge in [0.05, 0.1) is 10.9 Å². The molecule has 1 N–H and O–H groups in total. The molecule has 6 heteroatoms. The Morgan fingerprint density at radius 1 is 1.32 bits per heavy atom. The van der Waals surface area contributed by atoms with Gasteiger partial charge < -0.3 is 0 Å². The summed E-state index contributed by atoms with van der Waals surface area (Å²) < 4.78 is 26.6. The first-order chi connectivity index (χ1) is 8.72. The van der Waals surface area contributed by atoms with E-state index in [-0.39, 0.29) is 17.1 Å². The standard InChI is InChI=1S/C13H16ClNO3S/c1-9(2)8-13(10(3)16)15-19(17,18)12-6-4-11(14)5-7-12/h4-7,13,15H,1,8H2,2-3H3. The lowest BCUT2D eigenvalue weighted by Crippen LogP contribution is -2.39. The van der Waals surface area contributed by atoms with Gasteiger partial charge in [-0.2, -0.15) is 0 Å². The van der Waals surface area contributed by atoms with Crippen LogP contribution in [0.2, 0.25) is 5.02 Å². The molecule has 0 fully saturated rings. The number of carbonyl (C=O) groups excluding carboxylic acids is 1. The molecule has 0 saturated carbocycles. The Bertz CT molecular complexity index is 578. The van der Waals surface area contributed by atoms with Crippen LogP contribution < -0.4 is 4.72 Å². The van der Waals surface area contributed by atoms with Crippen LogP contribution in [0.3, 0.4) is 0 Å². The van der Waals surface area contributed by atoms with Gasteiger partial charge in [0.25, 0.3) is 0 Å². The van der Waals surface area contributed by atoms with E-state index in [2.05, 4.69) is 11.3 Å². The summed E-state index contributed by atoms with van der Waals surface area (Å²) in [6, 6.07) is 4.96. The van der Waals surface area contributed by atoms with Gasteiger partial charge in [-0.1, -0.05) is 17.2 Å². The fraction of sp³-hybridized carbons (Fsp3) is 0.308. The molecule has 4 nitrogen and oxygen atoms in total. The fourth-order valence-corrected chi connectivity index (χ4v) is 2.87. The van der Waals surface area contributed by atoms with Crippen LogP contribution in [0.4, 0.5) is 0 Å². The highest BCUT2D eigenvalue weighted by Gasteiger charge is 2.23. The average Bonchev–Trinajstić information content (AvgIpc) is 2.27. The van der Waals surface area contributed by atoms with E-state index in [0.29, 0.717) is 5.02 Å². The molecule has 0 aromatic heterocycles. The molecular weight excluding hydrogens is 286 g/mol. The van der Waals surface area contributed by atoms with Crippen molar-refractivity contribution in [3.8, 4) is 0 Å². The van der Waals surface area contributed by atoms with Crippen molar-refractivity contribution < 1.29 is 13.2 Å². The molecule has 0 amide bonds. The van der Waals surface area contributed by atoms with Crippen LogP contribution in [0.1, 0.15) is 20.3 Å². The quantitative estimate of drug-likeness (QED) is 0.821. The van der Waals surface area contributed by atoms with Gasteiger partial charge in [-0.25, -0.2) is 13.1 Å². The lowest BCUT2D eigenvalue weighted by molar-refractivity contribution is -0.118. The molecular formula is C13H16ClNO3S. The number of benzene rings is 1. The average molecular weight is 302 g/mol. The highest BCUT2D eigenvalue weighted by atomic mass is 35.5. The van der Waals surface area contributed by atoms with Gasteiger partial charge in [0.15, 0.2) is 0 Å². The van der Waals surface area contributed by atoms with Crippen molar-refractivity contribution >= 4 is 27.4 Å². The maximum Gasteiger partial charge on any atom is 0.241 e. The molecule has 1 atom stereocenters. The molecule has 19 heavy (non-hydrogen) atoms. The van der Waals surface area contributed by atoms with E-state index < -0.39 is 16.1 Å². The summed E-state index contributed by atoms with van der Waals surface area (Å²) in [5.41, 5.74) is 0.735. The topological polar surface area (TPSA) is 63.2 Å². The number of ketones is 1. The van der Waals surface area contributed by atoms with Crippen LogP contribution in [0.5, 0.6) is 0 Å². The number of nitrogens with one attached hydrogen (secondary N) is 1. The number of hydrogen-bond acceptors (Lipinski definition) is 3. The van der Waals surface area contributed by atoms with Crippen LogP contribution in [-0.2, 0) is 14.8 Å². The number of halogens is 1. The maximum atomic E-state index is 12.1. The molecule has 0 bridgehead atoms. The predicted molar refractivity (Wildman–Crippen MR) is 75.7 cm³/mol. The first kappa shape index (κ1) is 15.9. The molecule has 0 radical (unpaired) electrons. The molecule has 104 valence electrons. The summed E-state index contributed by atoms with van der Waals surface area (Å²) >= 11 is 5.71. The molecule has 0 aliphatic carbocycles. The summed E-state index contributed by atoms with van der Waals surface area (Å²) in [5, 5.41) is 0.448. The van der Waals surface area contributed by atoms with E-state index in [9.17, 15) is 13.2 Å². The second kappa shape index (κ2) is 6.32. The highest BCUT2D eigenvalue weighted by molar-refractivity contribution is 7.89. The van der Waals surface area contributed by atoms with Gasteiger partial charge in [0.1, 0.15) is 5.78 Å². The van der Waals surface area contributed by atoms with Crippen LogP contribution >= 0.6 is 11.6 Å². The summed E-state index contributed by atoms with van der Waals surface area (Å²) in [6.45, 7) is 6.78. The van der Waals surface area contributed by atoms with Gasteiger partial charge in [-0.3, -0.25) is 4.79 Å². The second-order valence-corrected chi connectivity index (χ2v) is 6.55. The zero-order chi connectivity index (χ0) is 14.6. The van der Waals surface area contributed by atoms with Gasteiger partial charge in [-0.05, 0) is 44.5 Å². The van der Waals surface area contributed by atoms with Gasteiger partial charge >= 0.3 is 0 Å². The number of Topliss-reactive ketones (excluding diaryl/α,β-unsaturated/α-hetero) is 1. The van der Waals surface area contributed by atoms with Crippen molar-refractivity contribution in [3.05, 3.63) is 41.4 Å². The van der Waals surface area contributed by atoms with E-state index in [1.54, 1.807) is 6.92 Å². The molecule has 0 heterocycles. The van der Waals surface area contributed by atoms with Crippen LogP contribution in [0, 0.1) is 0 Å². The smallest absolute Gasteiger partial charge is 0.241 e. The third kappa shape index (κ3) is 4.78. The Hall–Kier alpha value is -1.17. The Morgan fingerprint density at radius 3 is 2.26 bits per heavy atom. The Morgan fingerprint density at radius 2 is 1.84 bits per heavy atom. The lowest BCUT2D eigenvalue weighted by Gasteiger charge is -2.16. The summed E-state index contributed by atoms with van der Waals surface area (Å²) in [4.78, 5) is 11.5.